The number of morpholine rings is 1. The normalized spacial score (nSPS) is 34.2. The first-order valence-electron chi connectivity index (χ1n) is 7.35. The number of nitrogens with one attached hydrogen (secondary N) is 1. The average Bonchev–Trinajstić information content (AvgIpc) is 2.88. The van der Waals surface area contributed by atoms with Crippen molar-refractivity contribution < 1.29 is 14.3 Å². The average molecular weight is 270 g/mol. The van der Waals surface area contributed by atoms with Crippen LogP contribution in [0.1, 0.15) is 33.6 Å². The summed E-state index contributed by atoms with van der Waals surface area (Å²) in [6.07, 6.45) is 2.15. The monoisotopic (exact) mass is 270 g/mol. The molecular weight excluding hydrogens is 244 g/mol. The van der Waals surface area contributed by atoms with Crippen LogP contribution < -0.4 is 5.32 Å². The third kappa shape index (κ3) is 4.16. The third-order valence-corrected chi connectivity index (χ3v) is 3.87. The van der Waals surface area contributed by atoms with E-state index in [4.69, 9.17) is 9.47 Å². The van der Waals surface area contributed by atoms with E-state index < -0.39 is 0 Å². The van der Waals surface area contributed by atoms with E-state index >= 15 is 0 Å². The molecule has 19 heavy (non-hydrogen) atoms. The number of carbonyl (C=O) groups is 1. The maximum atomic E-state index is 11.9. The maximum Gasteiger partial charge on any atom is 0.249 e. The summed E-state index contributed by atoms with van der Waals surface area (Å²) in [7, 11) is 0. The van der Waals surface area contributed by atoms with Gasteiger partial charge in [0.1, 0.15) is 6.10 Å². The van der Waals surface area contributed by atoms with Gasteiger partial charge in [0, 0.05) is 32.3 Å². The van der Waals surface area contributed by atoms with Crippen LogP contribution in [-0.4, -0.2) is 61.4 Å². The Balaban J connectivity index is 1.74. The Morgan fingerprint density at radius 2 is 2.05 bits per heavy atom. The third-order valence-electron chi connectivity index (χ3n) is 3.87. The topological polar surface area (TPSA) is 50.8 Å². The molecule has 2 aliphatic rings. The van der Waals surface area contributed by atoms with E-state index in [1.165, 1.54) is 0 Å². The second-order valence-electron chi connectivity index (χ2n) is 5.81. The van der Waals surface area contributed by atoms with Gasteiger partial charge in [0.15, 0.2) is 0 Å². The maximum absolute atomic E-state index is 11.9. The lowest BCUT2D eigenvalue weighted by molar-refractivity contribution is -0.130. The molecule has 0 radical (unpaired) electrons. The highest BCUT2D eigenvalue weighted by Crippen LogP contribution is 2.14. The van der Waals surface area contributed by atoms with E-state index in [1.807, 2.05) is 0 Å². The Morgan fingerprint density at radius 3 is 2.63 bits per heavy atom. The van der Waals surface area contributed by atoms with Gasteiger partial charge in [-0.05, 0) is 33.6 Å². The van der Waals surface area contributed by atoms with Crippen LogP contribution in [0.25, 0.3) is 0 Å². The van der Waals surface area contributed by atoms with Gasteiger partial charge in [0.25, 0.3) is 0 Å². The minimum Gasteiger partial charge on any atom is -0.373 e. The van der Waals surface area contributed by atoms with Crippen molar-refractivity contribution in [2.24, 2.45) is 0 Å². The number of rotatable bonds is 4. The first kappa shape index (κ1) is 14.8. The molecule has 5 heteroatoms. The van der Waals surface area contributed by atoms with E-state index in [0.29, 0.717) is 19.2 Å². The molecule has 0 bridgehead atoms. The Bertz CT molecular complexity index is 295. The molecule has 2 fully saturated rings. The van der Waals surface area contributed by atoms with Crippen molar-refractivity contribution in [1.29, 1.82) is 0 Å². The van der Waals surface area contributed by atoms with Gasteiger partial charge in [-0.15, -0.1) is 0 Å². The van der Waals surface area contributed by atoms with Gasteiger partial charge in [-0.2, -0.15) is 0 Å². The SMILES string of the molecule is C[C@@H]1CN([C@H](C)CNC(=O)[C@H]2CCCO2)C[C@H](C)O1. The van der Waals surface area contributed by atoms with Crippen molar-refractivity contribution in [2.75, 3.05) is 26.2 Å². The summed E-state index contributed by atoms with van der Waals surface area (Å²) >= 11 is 0. The molecule has 0 aromatic rings. The number of amides is 1. The fourth-order valence-corrected chi connectivity index (χ4v) is 2.85. The van der Waals surface area contributed by atoms with Gasteiger partial charge < -0.3 is 14.8 Å². The fraction of sp³-hybridized carbons (Fsp3) is 0.929. The number of hydrogen-bond acceptors (Lipinski definition) is 4. The van der Waals surface area contributed by atoms with Crippen LogP contribution in [0, 0.1) is 0 Å². The largest absolute Gasteiger partial charge is 0.373 e. The highest BCUT2D eigenvalue weighted by molar-refractivity contribution is 5.80. The molecule has 1 N–H and O–H groups in total. The molecule has 2 heterocycles. The van der Waals surface area contributed by atoms with Crippen molar-refractivity contribution in [3.63, 3.8) is 0 Å². The Hall–Kier alpha value is -0.650. The number of nitrogens with zero attached hydrogens (tertiary/aromatic N) is 1. The van der Waals surface area contributed by atoms with Crippen molar-refractivity contribution in [3.05, 3.63) is 0 Å². The van der Waals surface area contributed by atoms with Crippen LogP contribution in [0.5, 0.6) is 0 Å². The summed E-state index contributed by atoms with van der Waals surface area (Å²) in [6, 6.07) is 0.333. The molecule has 0 aromatic carbocycles. The predicted octanol–water partition coefficient (Wildman–Crippen LogP) is 0.779. The molecule has 0 aromatic heterocycles. The molecule has 4 atom stereocenters. The lowest BCUT2D eigenvalue weighted by Crippen LogP contribution is -2.52. The number of ether oxygens (including phenoxy) is 2. The molecule has 2 aliphatic heterocycles. The lowest BCUT2D eigenvalue weighted by Gasteiger charge is -2.39. The standard InChI is InChI=1S/C14H26N2O3/c1-10(16-8-11(2)19-12(3)9-16)7-15-14(17)13-5-4-6-18-13/h10-13H,4-9H2,1-3H3,(H,15,17)/t10-,11-,12+,13-/m1/s1. The quantitative estimate of drug-likeness (QED) is 0.820. The summed E-state index contributed by atoms with van der Waals surface area (Å²) in [5.74, 6) is 0.0405. The smallest absolute Gasteiger partial charge is 0.249 e. The van der Waals surface area contributed by atoms with E-state index in [-0.39, 0.29) is 24.2 Å². The highest BCUT2D eigenvalue weighted by atomic mass is 16.5. The van der Waals surface area contributed by atoms with Crippen molar-refractivity contribution in [2.45, 2.75) is 58.0 Å². The Morgan fingerprint density at radius 1 is 1.37 bits per heavy atom. The zero-order valence-corrected chi connectivity index (χ0v) is 12.2. The van der Waals surface area contributed by atoms with Gasteiger partial charge in [-0.1, -0.05) is 0 Å². The zero-order valence-electron chi connectivity index (χ0n) is 12.2. The molecule has 2 saturated heterocycles. The van der Waals surface area contributed by atoms with Gasteiger partial charge in [0.2, 0.25) is 5.91 Å². The van der Waals surface area contributed by atoms with Crippen molar-refractivity contribution in [3.8, 4) is 0 Å². The molecular formula is C14H26N2O3. The first-order chi connectivity index (χ1) is 9.06. The summed E-state index contributed by atoms with van der Waals surface area (Å²) in [5.41, 5.74) is 0. The van der Waals surface area contributed by atoms with Crippen LogP contribution >= 0.6 is 0 Å². The summed E-state index contributed by atoms with van der Waals surface area (Å²) in [6.45, 7) is 9.61. The molecule has 0 unspecified atom stereocenters. The van der Waals surface area contributed by atoms with Gasteiger partial charge >= 0.3 is 0 Å². The minimum absolute atomic E-state index is 0.0405. The number of carbonyl (C=O) groups excluding carboxylic acids is 1. The zero-order chi connectivity index (χ0) is 13.8. The van der Waals surface area contributed by atoms with E-state index in [9.17, 15) is 4.79 Å². The Labute approximate surface area is 115 Å². The summed E-state index contributed by atoms with van der Waals surface area (Å²) < 4.78 is 11.1. The van der Waals surface area contributed by atoms with E-state index in [0.717, 1.165) is 25.9 Å². The summed E-state index contributed by atoms with van der Waals surface area (Å²) in [5, 5.41) is 3.00. The van der Waals surface area contributed by atoms with Crippen LogP contribution in [0.4, 0.5) is 0 Å². The molecule has 0 spiro atoms. The van der Waals surface area contributed by atoms with Gasteiger partial charge in [-0.3, -0.25) is 9.69 Å². The number of hydrogen-bond donors (Lipinski definition) is 1. The van der Waals surface area contributed by atoms with Crippen molar-refractivity contribution in [1.82, 2.24) is 10.2 Å². The van der Waals surface area contributed by atoms with E-state index in [1.54, 1.807) is 0 Å². The molecule has 5 nitrogen and oxygen atoms in total. The van der Waals surface area contributed by atoms with Gasteiger partial charge in [0.05, 0.1) is 12.2 Å². The lowest BCUT2D eigenvalue weighted by atomic mass is 10.1. The van der Waals surface area contributed by atoms with Crippen LogP contribution in [0.3, 0.4) is 0 Å². The second kappa shape index (κ2) is 6.68. The molecule has 0 saturated carbocycles. The van der Waals surface area contributed by atoms with Crippen molar-refractivity contribution >= 4 is 5.91 Å². The molecule has 2 rings (SSSR count). The first-order valence-corrected chi connectivity index (χ1v) is 7.35. The predicted molar refractivity (Wildman–Crippen MR) is 73.0 cm³/mol. The molecule has 0 aliphatic carbocycles. The molecule has 110 valence electrons. The minimum atomic E-state index is -0.227. The molecule has 1 amide bonds. The summed E-state index contributed by atoms with van der Waals surface area (Å²) in [4.78, 5) is 14.3. The Kier molecular flexibility index (Phi) is 5.19. The fourth-order valence-electron chi connectivity index (χ4n) is 2.85. The second-order valence-corrected chi connectivity index (χ2v) is 5.81. The van der Waals surface area contributed by atoms with Crippen LogP contribution in [0.2, 0.25) is 0 Å². The highest BCUT2D eigenvalue weighted by Gasteiger charge is 2.27. The van der Waals surface area contributed by atoms with Crippen LogP contribution in [-0.2, 0) is 14.3 Å². The van der Waals surface area contributed by atoms with Gasteiger partial charge in [-0.25, -0.2) is 0 Å². The van der Waals surface area contributed by atoms with E-state index in [2.05, 4.69) is 31.0 Å². The van der Waals surface area contributed by atoms with Crippen LogP contribution in [0.15, 0.2) is 0 Å².